The minimum absolute atomic E-state index is 0.0247. The number of phenolic OH excluding ortho intramolecular Hbond substituents is 2. The van der Waals surface area contributed by atoms with E-state index in [0.717, 1.165) is 30.5 Å². The molecule has 1 aromatic rings. The van der Waals surface area contributed by atoms with E-state index < -0.39 is 6.10 Å². The molecule has 5 atom stereocenters. The van der Waals surface area contributed by atoms with Crippen LogP contribution >= 0.6 is 0 Å². The van der Waals surface area contributed by atoms with Gasteiger partial charge in [0.05, 0.1) is 0 Å². The first-order valence-electron chi connectivity index (χ1n) is 7.85. The van der Waals surface area contributed by atoms with Gasteiger partial charge in [-0.1, -0.05) is 12.2 Å². The number of rotatable bonds is 0. The fourth-order valence-corrected chi connectivity index (χ4v) is 5.30. The Hall–Kier alpha value is -1.72. The molecule has 5 rings (SSSR count). The second kappa shape index (κ2) is 3.78. The smallest absolute Gasteiger partial charge is 0.166 e. The van der Waals surface area contributed by atoms with Crippen molar-refractivity contribution in [3.63, 3.8) is 0 Å². The predicted molar refractivity (Wildman–Crippen MR) is 79.2 cm³/mol. The van der Waals surface area contributed by atoms with Crippen molar-refractivity contribution in [2.75, 3.05) is 13.6 Å². The SMILES string of the molecule is CN1CC[C@]23c4c5c(O)cc(O)c4O[C@H]2[C@@H](O)C=C[C@H]3[C@H]1C5. The zero-order valence-electron chi connectivity index (χ0n) is 12.4. The van der Waals surface area contributed by atoms with Gasteiger partial charge < -0.3 is 25.0 Å². The number of piperidine rings is 1. The number of ether oxygens (including phenoxy) is 1. The van der Waals surface area contributed by atoms with Crippen molar-refractivity contribution in [2.24, 2.45) is 5.92 Å². The molecule has 1 fully saturated rings. The van der Waals surface area contributed by atoms with Gasteiger partial charge in [0, 0.05) is 34.6 Å². The Morgan fingerprint density at radius 3 is 2.91 bits per heavy atom. The quantitative estimate of drug-likeness (QED) is 0.621. The average Bonchev–Trinajstić information content (AvgIpc) is 2.83. The van der Waals surface area contributed by atoms with E-state index in [4.69, 9.17) is 4.74 Å². The highest BCUT2D eigenvalue weighted by Gasteiger charge is 2.64. The number of likely N-dealkylation sites (N-methyl/N-ethyl adjacent to an activating group) is 1. The van der Waals surface area contributed by atoms with Crippen LogP contribution in [0.4, 0.5) is 0 Å². The number of benzene rings is 1. The number of phenols is 2. The average molecular weight is 301 g/mol. The molecule has 0 unspecified atom stereocenters. The number of aliphatic hydroxyl groups excluding tert-OH is 1. The molecule has 2 aliphatic heterocycles. The lowest BCUT2D eigenvalue weighted by Gasteiger charge is -2.56. The van der Waals surface area contributed by atoms with Crippen LogP contribution in [0.15, 0.2) is 18.2 Å². The Bertz CT molecular complexity index is 715. The summed E-state index contributed by atoms with van der Waals surface area (Å²) in [6, 6.07) is 1.66. The molecule has 1 aromatic carbocycles. The van der Waals surface area contributed by atoms with Crippen molar-refractivity contribution < 1.29 is 20.1 Å². The Morgan fingerprint density at radius 2 is 2.09 bits per heavy atom. The number of aliphatic hydroxyl groups is 1. The maximum atomic E-state index is 10.4. The first-order chi connectivity index (χ1) is 10.5. The molecule has 116 valence electrons. The number of nitrogens with zero attached hydrogens (tertiary/aromatic N) is 1. The van der Waals surface area contributed by atoms with Gasteiger partial charge in [0.25, 0.3) is 0 Å². The topological polar surface area (TPSA) is 73.2 Å². The fraction of sp³-hybridized carbons (Fsp3) is 0.529. The van der Waals surface area contributed by atoms with Crippen LogP contribution < -0.4 is 4.74 Å². The highest BCUT2D eigenvalue weighted by molar-refractivity contribution is 5.65. The molecule has 0 aromatic heterocycles. The van der Waals surface area contributed by atoms with Gasteiger partial charge in [-0.25, -0.2) is 0 Å². The van der Waals surface area contributed by atoms with E-state index in [1.54, 1.807) is 0 Å². The zero-order valence-corrected chi connectivity index (χ0v) is 12.4. The molecule has 4 aliphatic rings. The van der Waals surface area contributed by atoms with Crippen LogP contribution in [0.1, 0.15) is 17.5 Å². The standard InChI is InChI=1S/C17H19NO4/c1-18-5-4-17-9-2-3-11(19)16(17)22-15-13(21)7-12(20)8(14(15)17)6-10(9)18/h2-3,7,9-11,16,19-21H,4-6H2,1H3/t9-,10+,11-,16-,17-/m0/s1. The first kappa shape index (κ1) is 12.8. The monoisotopic (exact) mass is 301 g/mol. The summed E-state index contributed by atoms with van der Waals surface area (Å²) in [7, 11) is 2.12. The van der Waals surface area contributed by atoms with Gasteiger partial charge in [0.1, 0.15) is 18.0 Å². The minimum atomic E-state index is -0.680. The molecule has 0 radical (unpaired) electrons. The third kappa shape index (κ3) is 1.21. The maximum absolute atomic E-state index is 10.4. The fourth-order valence-electron chi connectivity index (χ4n) is 5.30. The molecule has 22 heavy (non-hydrogen) atoms. The molecule has 2 bridgehead atoms. The molecule has 5 heteroatoms. The second-order valence-electron chi connectivity index (χ2n) is 7.08. The Morgan fingerprint density at radius 1 is 1.27 bits per heavy atom. The molecule has 0 amide bonds. The third-order valence-corrected chi connectivity index (χ3v) is 6.25. The molecule has 3 N–H and O–H groups in total. The number of likely N-dealkylation sites (tertiary alicyclic amines) is 1. The number of hydrogen-bond donors (Lipinski definition) is 3. The van der Waals surface area contributed by atoms with Crippen molar-refractivity contribution in [1.29, 1.82) is 0 Å². The van der Waals surface area contributed by atoms with E-state index >= 15 is 0 Å². The summed E-state index contributed by atoms with van der Waals surface area (Å²) in [4.78, 5) is 2.34. The van der Waals surface area contributed by atoms with Gasteiger partial charge in [-0.3, -0.25) is 0 Å². The summed E-state index contributed by atoms with van der Waals surface area (Å²) in [5.41, 5.74) is 1.49. The van der Waals surface area contributed by atoms with Crippen LogP contribution in [-0.4, -0.2) is 52.1 Å². The normalized spacial score (nSPS) is 41.2. The van der Waals surface area contributed by atoms with Gasteiger partial charge in [0.15, 0.2) is 11.5 Å². The summed E-state index contributed by atoms with van der Waals surface area (Å²) in [5, 5.41) is 31.0. The van der Waals surface area contributed by atoms with Crippen LogP contribution in [0.3, 0.4) is 0 Å². The molecular formula is C17H19NO4. The van der Waals surface area contributed by atoms with Crippen LogP contribution in [0.2, 0.25) is 0 Å². The molecule has 5 nitrogen and oxygen atoms in total. The molecule has 1 saturated heterocycles. The van der Waals surface area contributed by atoms with Gasteiger partial charge >= 0.3 is 0 Å². The van der Waals surface area contributed by atoms with Crippen LogP contribution in [0.25, 0.3) is 0 Å². The van der Waals surface area contributed by atoms with Crippen LogP contribution in [-0.2, 0) is 11.8 Å². The van der Waals surface area contributed by atoms with E-state index in [2.05, 4.69) is 18.0 Å². The largest absolute Gasteiger partial charge is 0.508 e. The van der Waals surface area contributed by atoms with E-state index in [9.17, 15) is 15.3 Å². The van der Waals surface area contributed by atoms with Crippen molar-refractivity contribution in [3.05, 3.63) is 29.3 Å². The highest BCUT2D eigenvalue weighted by atomic mass is 16.5. The summed E-state index contributed by atoms with van der Waals surface area (Å²) >= 11 is 0. The van der Waals surface area contributed by atoms with E-state index in [0.29, 0.717) is 5.75 Å². The number of hydrogen-bond acceptors (Lipinski definition) is 5. The second-order valence-corrected chi connectivity index (χ2v) is 7.08. The van der Waals surface area contributed by atoms with E-state index in [1.165, 1.54) is 6.07 Å². The van der Waals surface area contributed by atoms with Gasteiger partial charge in [0.2, 0.25) is 0 Å². The predicted octanol–water partition coefficient (Wildman–Crippen LogP) is 0.904. The van der Waals surface area contributed by atoms with Gasteiger partial charge in [-0.2, -0.15) is 0 Å². The lowest BCUT2D eigenvalue weighted by Crippen LogP contribution is -2.64. The van der Waals surface area contributed by atoms with Crippen LogP contribution in [0.5, 0.6) is 17.2 Å². The van der Waals surface area contributed by atoms with Gasteiger partial charge in [-0.15, -0.1) is 0 Å². The summed E-state index contributed by atoms with van der Waals surface area (Å²) in [6.45, 7) is 0.927. The van der Waals surface area contributed by atoms with Gasteiger partial charge in [-0.05, 0) is 26.4 Å². The van der Waals surface area contributed by atoms with E-state index in [-0.39, 0.29) is 35.0 Å². The molecular weight excluding hydrogens is 282 g/mol. The van der Waals surface area contributed by atoms with E-state index in [1.807, 2.05) is 6.08 Å². The first-order valence-corrected chi connectivity index (χ1v) is 7.85. The molecule has 2 aliphatic carbocycles. The zero-order chi connectivity index (χ0) is 15.2. The maximum Gasteiger partial charge on any atom is 0.166 e. The summed E-state index contributed by atoms with van der Waals surface area (Å²) < 4.78 is 6.03. The van der Waals surface area contributed by atoms with Crippen molar-refractivity contribution >= 4 is 0 Å². The summed E-state index contributed by atoms with van der Waals surface area (Å²) in [6.07, 6.45) is 4.49. The van der Waals surface area contributed by atoms with Crippen molar-refractivity contribution in [2.45, 2.75) is 36.5 Å². The molecule has 1 spiro atoms. The van der Waals surface area contributed by atoms with Crippen LogP contribution in [0, 0.1) is 5.92 Å². The number of aromatic hydroxyl groups is 2. The lowest BCUT2D eigenvalue weighted by atomic mass is 9.53. The summed E-state index contributed by atoms with van der Waals surface area (Å²) in [5.74, 6) is 0.828. The Labute approximate surface area is 128 Å². The van der Waals surface area contributed by atoms with Crippen molar-refractivity contribution in [1.82, 2.24) is 4.90 Å². The molecule has 0 saturated carbocycles. The van der Waals surface area contributed by atoms with Crippen molar-refractivity contribution in [3.8, 4) is 17.2 Å². The highest BCUT2D eigenvalue weighted by Crippen LogP contribution is 2.63. The lowest BCUT2D eigenvalue weighted by molar-refractivity contribution is -0.0455. The minimum Gasteiger partial charge on any atom is -0.508 e. The molecule has 2 heterocycles. The Balaban J connectivity index is 1.87. The third-order valence-electron chi connectivity index (χ3n) is 6.25. The Kier molecular flexibility index (Phi) is 2.20.